The SMILES string of the molecule is O=c1cc(NCCCN(Cc2ccc(Cl)c(Cl)c2)c2ccccc2)[nH]c2ccccc12. The molecule has 0 saturated carbocycles. The van der Waals surface area contributed by atoms with E-state index in [9.17, 15) is 4.79 Å². The Morgan fingerprint density at radius 1 is 0.871 bits per heavy atom. The summed E-state index contributed by atoms with van der Waals surface area (Å²) in [6.45, 7) is 2.31. The Kier molecular flexibility index (Phi) is 6.80. The summed E-state index contributed by atoms with van der Waals surface area (Å²) in [5.41, 5.74) is 3.10. The van der Waals surface area contributed by atoms with Crippen molar-refractivity contribution in [3.05, 3.63) is 105 Å². The summed E-state index contributed by atoms with van der Waals surface area (Å²) in [7, 11) is 0. The zero-order chi connectivity index (χ0) is 21.6. The topological polar surface area (TPSA) is 48.1 Å². The van der Waals surface area contributed by atoms with Gasteiger partial charge in [-0.05, 0) is 48.4 Å². The van der Waals surface area contributed by atoms with Crippen LogP contribution in [0.3, 0.4) is 0 Å². The molecule has 4 rings (SSSR count). The molecule has 158 valence electrons. The lowest BCUT2D eigenvalue weighted by Crippen LogP contribution is -2.25. The Bertz CT molecular complexity index is 1220. The van der Waals surface area contributed by atoms with Gasteiger partial charge in [0.2, 0.25) is 0 Å². The quantitative estimate of drug-likeness (QED) is 0.307. The number of nitrogens with zero attached hydrogens (tertiary/aromatic N) is 1. The lowest BCUT2D eigenvalue weighted by molar-refractivity contribution is 0.747. The highest BCUT2D eigenvalue weighted by Crippen LogP contribution is 2.25. The molecular weight excluding hydrogens is 429 g/mol. The number of para-hydroxylation sites is 2. The van der Waals surface area contributed by atoms with Gasteiger partial charge >= 0.3 is 0 Å². The number of anilines is 2. The third-order valence-electron chi connectivity index (χ3n) is 5.14. The number of hydrogen-bond acceptors (Lipinski definition) is 3. The molecule has 0 amide bonds. The van der Waals surface area contributed by atoms with Crippen LogP contribution in [0.15, 0.2) is 83.7 Å². The molecule has 0 fully saturated rings. The number of rotatable bonds is 8. The molecule has 3 aromatic carbocycles. The van der Waals surface area contributed by atoms with Crippen LogP contribution in [0.4, 0.5) is 11.5 Å². The van der Waals surface area contributed by atoms with Crippen LogP contribution in [-0.4, -0.2) is 18.1 Å². The van der Waals surface area contributed by atoms with E-state index in [4.69, 9.17) is 23.2 Å². The molecule has 0 spiro atoms. The minimum Gasteiger partial charge on any atom is -0.371 e. The number of halogens is 2. The molecule has 6 heteroatoms. The van der Waals surface area contributed by atoms with Gasteiger partial charge in [0.1, 0.15) is 5.82 Å². The largest absolute Gasteiger partial charge is 0.371 e. The predicted octanol–water partition coefficient (Wildman–Crippen LogP) is 6.34. The highest BCUT2D eigenvalue weighted by atomic mass is 35.5. The summed E-state index contributed by atoms with van der Waals surface area (Å²) in [5, 5.41) is 5.17. The number of fused-ring (bicyclic) bond motifs is 1. The standard InChI is InChI=1S/C25H23Cl2N3O/c26-21-12-11-18(15-22(21)27)17-30(19-7-2-1-3-8-19)14-6-13-28-25-16-24(31)20-9-4-5-10-23(20)29-25/h1-5,7-12,15-16H,6,13-14,17H2,(H2,28,29,31). The van der Waals surface area contributed by atoms with E-state index in [1.807, 2.05) is 60.7 Å². The average molecular weight is 452 g/mol. The summed E-state index contributed by atoms with van der Waals surface area (Å²) in [6.07, 6.45) is 0.894. The van der Waals surface area contributed by atoms with Crippen molar-refractivity contribution in [3.8, 4) is 0 Å². The molecule has 1 aromatic heterocycles. The molecule has 0 radical (unpaired) electrons. The monoisotopic (exact) mass is 451 g/mol. The predicted molar refractivity (Wildman–Crippen MR) is 132 cm³/mol. The first-order chi connectivity index (χ1) is 15.1. The summed E-state index contributed by atoms with van der Waals surface area (Å²) < 4.78 is 0. The van der Waals surface area contributed by atoms with E-state index < -0.39 is 0 Å². The maximum absolute atomic E-state index is 12.3. The fraction of sp³-hybridized carbons (Fsp3) is 0.160. The first kappa shape index (κ1) is 21.3. The maximum atomic E-state index is 12.3. The summed E-state index contributed by atoms with van der Waals surface area (Å²) >= 11 is 12.3. The molecule has 0 bridgehead atoms. The van der Waals surface area contributed by atoms with Crippen molar-refractivity contribution in [2.75, 3.05) is 23.3 Å². The van der Waals surface area contributed by atoms with Crippen LogP contribution in [0.1, 0.15) is 12.0 Å². The molecule has 0 aliphatic heterocycles. The van der Waals surface area contributed by atoms with Gasteiger partial charge in [0.05, 0.1) is 15.6 Å². The van der Waals surface area contributed by atoms with Gasteiger partial charge in [-0.2, -0.15) is 0 Å². The van der Waals surface area contributed by atoms with Gasteiger partial charge in [0, 0.05) is 36.8 Å². The first-order valence-electron chi connectivity index (χ1n) is 10.2. The summed E-state index contributed by atoms with van der Waals surface area (Å²) in [5.74, 6) is 0.736. The Hall–Kier alpha value is -2.95. The normalized spacial score (nSPS) is 10.9. The Morgan fingerprint density at radius 3 is 2.45 bits per heavy atom. The van der Waals surface area contributed by atoms with Crippen molar-refractivity contribution >= 4 is 45.6 Å². The van der Waals surface area contributed by atoms with Gasteiger partial charge in [-0.1, -0.05) is 59.6 Å². The summed E-state index contributed by atoms with van der Waals surface area (Å²) in [4.78, 5) is 17.9. The van der Waals surface area contributed by atoms with Crippen molar-refractivity contribution in [1.29, 1.82) is 0 Å². The van der Waals surface area contributed by atoms with Crippen molar-refractivity contribution < 1.29 is 0 Å². The zero-order valence-electron chi connectivity index (χ0n) is 16.9. The van der Waals surface area contributed by atoms with Crippen LogP contribution < -0.4 is 15.6 Å². The highest BCUT2D eigenvalue weighted by Gasteiger charge is 2.09. The Morgan fingerprint density at radius 2 is 1.65 bits per heavy atom. The van der Waals surface area contributed by atoms with E-state index in [2.05, 4.69) is 27.3 Å². The molecular formula is C25H23Cl2N3O. The molecule has 0 aliphatic carbocycles. The molecule has 0 aliphatic rings. The van der Waals surface area contributed by atoms with E-state index in [1.165, 1.54) is 0 Å². The van der Waals surface area contributed by atoms with Gasteiger partial charge in [-0.3, -0.25) is 4.79 Å². The van der Waals surface area contributed by atoms with Crippen molar-refractivity contribution in [1.82, 2.24) is 4.98 Å². The fourth-order valence-electron chi connectivity index (χ4n) is 3.58. The number of benzene rings is 3. The second kappa shape index (κ2) is 9.90. The van der Waals surface area contributed by atoms with Crippen LogP contribution >= 0.6 is 23.2 Å². The fourth-order valence-corrected chi connectivity index (χ4v) is 3.90. The van der Waals surface area contributed by atoms with Crippen LogP contribution in [0.2, 0.25) is 10.0 Å². The number of aromatic amines is 1. The average Bonchev–Trinajstić information content (AvgIpc) is 2.79. The number of H-pyrrole nitrogens is 1. The first-order valence-corrected chi connectivity index (χ1v) is 11.0. The van der Waals surface area contributed by atoms with Gasteiger partial charge in [0.25, 0.3) is 0 Å². The Labute approximate surface area is 191 Å². The zero-order valence-corrected chi connectivity index (χ0v) is 18.5. The van der Waals surface area contributed by atoms with Crippen LogP contribution in [-0.2, 0) is 6.54 Å². The van der Waals surface area contributed by atoms with Crippen molar-refractivity contribution in [3.63, 3.8) is 0 Å². The van der Waals surface area contributed by atoms with Crippen LogP contribution in [0.5, 0.6) is 0 Å². The summed E-state index contributed by atoms with van der Waals surface area (Å²) in [6, 6.07) is 25.2. The van der Waals surface area contributed by atoms with Gasteiger partial charge < -0.3 is 15.2 Å². The molecule has 31 heavy (non-hydrogen) atoms. The molecule has 0 unspecified atom stereocenters. The minimum absolute atomic E-state index is 0.0161. The van der Waals surface area contributed by atoms with Gasteiger partial charge in [-0.15, -0.1) is 0 Å². The Balaban J connectivity index is 1.42. The smallest absolute Gasteiger partial charge is 0.191 e. The number of pyridine rings is 1. The number of nitrogens with one attached hydrogen (secondary N) is 2. The van der Waals surface area contributed by atoms with E-state index in [-0.39, 0.29) is 5.43 Å². The lowest BCUT2D eigenvalue weighted by Gasteiger charge is -2.25. The lowest BCUT2D eigenvalue weighted by atomic mass is 10.2. The van der Waals surface area contributed by atoms with Crippen LogP contribution in [0, 0.1) is 0 Å². The third kappa shape index (κ3) is 5.40. The molecule has 0 atom stereocenters. The van der Waals surface area contributed by atoms with Crippen molar-refractivity contribution in [2.45, 2.75) is 13.0 Å². The molecule has 0 saturated heterocycles. The third-order valence-corrected chi connectivity index (χ3v) is 5.88. The van der Waals surface area contributed by atoms with E-state index >= 15 is 0 Å². The van der Waals surface area contributed by atoms with Gasteiger partial charge in [0.15, 0.2) is 5.43 Å². The van der Waals surface area contributed by atoms with E-state index in [0.717, 1.165) is 48.6 Å². The maximum Gasteiger partial charge on any atom is 0.191 e. The molecule has 2 N–H and O–H groups in total. The van der Waals surface area contributed by atoms with Crippen LogP contribution in [0.25, 0.3) is 10.9 Å². The molecule has 4 nitrogen and oxygen atoms in total. The van der Waals surface area contributed by atoms with Gasteiger partial charge in [-0.25, -0.2) is 0 Å². The second-order valence-corrected chi connectivity index (χ2v) is 8.19. The second-order valence-electron chi connectivity index (χ2n) is 7.38. The number of aromatic nitrogens is 1. The van der Waals surface area contributed by atoms with Crippen molar-refractivity contribution in [2.24, 2.45) is 0 Å². The molecule has 1 heterocycles. The van der Waals surface area contributed by atoms with E-state index in [0.29, 0.717) is 15.4 Å². The minimum atomic E-state index is 0.0161. The highest BCUT2D eigenvalue weighted by molar-refractivity contribution is 6.42. The van der Waals surface area contributed by atoms with E-state index in [1.54, 1.807) is 6.07 Å². The number of hydrogen-bond donors (Lipinski definition) is 2. The molecule has 4 aromatic rings.